The SMILES string of the molecule is CCc1nnc2sc(-c3cc4ccccc4[nH]3)nn12. The zero-order valence-electron chi connectivity index (χ0n) is 10.3. The van der Waals surface area contributed by atoms with Gasteiger partial charge >= 0.3 is 0 Å². The fourth-order valence-electron chi connectivity index (χ4n) is 2.18. The van der Waals surface area contributed by atoms with Crippen molar-refractivity contribution in [1.29, 1.82) is 0 Å². The molecule has 1 aromatic carbocycles. The van der Waals surface area contributed by atoms with E-state index in [0.717, 1.165) is 33.4 Å². The molecule has 4 aromatic rings. The van der Waals surface area contributed by atoms with Crippen LogP contribution in [-0.4, -0.2) is 24.8 Å². The molecule has 3 aromatic heterocycles. The average Bonchev–Trinajstić information content (AvgIpc) is 3.10. The quantitative estimate of drug-likeness (QED) is 0.608. The third kappa shape index (κ3) is 1.57. The van der Waals surface area contributed by atoms with Crippen LogP contribution in [0.5, 0.6) is 0 Å². The van der Waals surface area contributed by atoms with E-state index in [1.807, 2.05) is 16.6 Å². The first-order chi connectivity index (χ1) is 9.35. The molecule has 0 aliphatic heterocycles. The van der Waals surface area contributed by atoms with Gasteiger partial charge in [-0.05, 0) is 12.1 Å². The van der Waals surface area contributed by atoms with Crippen molar-refractivity contribution in [2.75, 3.05) is 0 Å². The van der Waals surface area contributed by atoms with E-state index in [4.69, 9.17) is 0 Å². The lowest BCUT2D eigenvalue weighted by Gasteiger charge is -1.89. The molecular formula is C13H11N5S. The van der Waals surface area contributed by atoms with Gasteiger partial charge in [-0.3, -0.25) is 0 Å². The van der Waals surface area contributed by atoms with Gasteiger partial charge in [0.25, 0.3) is 0 Å². The van der Waals surface area contributed by atoms with Gasteiger partial charge in [-0.1, -0.05) is 36.5 Å². The first kappa shape index (κ1) is 10.7. The molecule has 5 nitrogen and oxygen atoms in total. The summed E-state index contributed by atoms with van der Waals surface area (Å²) in [7, 11) is 0. The molecule has 0 fully saturated rings. The van der Waals surface area contributed by atoms with Crippen molar-refractivity contribution in [3.63, 3.8) is 0 Å². The Hall–Kier alpha value is -2.21. The Kier molecular flexibility index (Phi) is 2.19. The van der Waals surface area contributed by atoms with E-state index in [-0.39, 0.29) is 0 Å². The highest BCUT2D eigenvalue weighted by atomic mass is 32.1. The third-order valence-corrected chi connectivity index (χ3v) is 4.06. The number of para-hydroxylation sites is 1. The lowest BCUT2D eigenvalue weighted by Crippen LogP contribution is -1.93. The molecule has 4 rings (SSSR count). The van der Waals surface area contributed by atoms with Gasteiger partial charge in [0.2, 0.25) is 4.96 Å². The lowest BCUT2D eigenvalue weighted by atomic mass is 10.2. The molecule has 0 spiro atoms. The molecule has 0 atom stereocenters. The molecule has 0 bridgehead atoms. The highest BCUT2D eigenvalue weighted by molar-refractivity contribution is 7.19. The number of fused-ring (bicyclic) bond motifs is 2. The number of aromatic nitrogens is 5. The summed E-state index contributed by atoms with van der Waals surface area (Å²) in [5.41, 5.74) is 2.15. The first-order valence-electron chi connectivity index (χ1n) is 6.14. The zero-order chi connectivity index (χ0) is 12.8. The summed E-state index contributed by atoms with van der Waals surface area (Å²) in [6, 6.07) is 10.3. The van der Waals surface area contributed by atoms with Crippen LogP contribution in [0.25, 0.3) is 26.6 Å². The van der Waals surface area contributed by atoms with Crippen LogP contribution in [0.15, 0.2) is 30.3 Å². The minimum atomic E-state index is 0.830. The van der Waals surface area contributed by atoms with E-state index in [1.54, 1.807) is 11.3 Å². The largest absolute Gasteiger partial charge is 0.353 e. The van der Waals surface area contributed by atoms with Gasteiger partial charge in [-0.2, -0.15) is 9.61 Å². The van der Waals surface area contributed by atoms with Gasteiger partial charge in [0, 0.05) is 17.3 Å². The normalized spacial score (nSPS) is 11.6. The molecule has 0 aliphatic rings. The molecule has 0 aliphatic carbocycles. The number of benzene rings is 1. The maximum Gasteiger partial charge on any atom is 0.235 e. The Balaban J connectivity index is 1.90. The van der Waals surface area contributed by atoms with Crippen molar-refractivity contribution >= 4 is 27.2 Å². The number of aryl methyl sites for hydroxylation is 1. The van der Waals surface area contributed by atoms with Crippen LogP contribution in [0.4, 0.5) is 0 Å². The Labute approximate surface area is 112 Å². The summed E-state index contributed by atoms with van der Waals surface area (Å²) in [5.74, 6) is 0.897. The van der Waals surface area contributed by atoms with Gasteiger partial charge in [0.15, 0.2) is 10.8 Å². The molecule has 6 heteroatoms. The number of H-pyrrole nitrogens is 1. The predicted molar refractivity (Wildman–Crippen MR) is 75.3 cm³/mol. The molecule has 0 saturated carbocycles. The van der Waals surface area contributed by atoms with Gasteiger partial charge in [0.05, 0.1) is 5.69 Å². The van der Waals surface area contributed by atoms with Gasteiger partial charge in [-0.15, -0.1) is 10.2 Å². The van der Waals surface area contributed by atoms with E-state index < -0.39 is 0 Å². The van der Waals surface area contributed by atoms with Gasteiger partial charge < -0.3 is 4.98 Å². The minimum absolute atomic E-state index is 0.830. The molecule has 1 N–H and O–H groups in total. The van der Waals surface area contributed by atoms with Crippen molar-refractivity contribution in [2.24, 2.45) is 0 Å². The van der Waals surface area contributed by atoms with E-state index in [9.17, 15) is 0 Å². The minimum Gasteiger partial charge on any atom is -0.353 e. The monoisotopic (exact) mass is 269 g/mol. The van der Waals surface area contributed by atoms with Crippen LogP contribution in [0.1, 0.15) is 12.7 Å². The third-order valence-electron chi connectivity index (χ3n) is 3.13. The molecule has 3 heterocycles. The van der Waals surface area contributed by atoms with Crippen LogP contribution < -0.4 is 0 Å². The van der Waals surface area contributed by atoms with E-state index in [0.29, 0.717) is 0 Å². The second-order valence-electron chi connectivity index (χ2n) is 4.34. The van der Waals surface area contributed by atoms with Crippen LogP contribution in [-0.2, 0) is 6.42 Å². The maximum atomic E-state index is 4.59. The molecule has 0 radical (unpaired) electrons. The van der Waals surface area contributed by atoms with Crippen LogP contribution in [0.3, 0.4) is 0 Å². The Bertz CT molecular complexity index is 836. The Morgan fingerprint density at radius 2 is 2.16 bits per heavy atom. The summed E-state index contributed by atoms with van der Waals surface area (Å²) in [5, 5.41) is 15.0. The smallest absolute Gasteiger partial charge is 0.235 e. The Morgan fingerprint density at radius 1 is 1.26 bits per heavy atom. The van der Waals surface area contributed by atoms with E-state index in [1.165, 1.54) is 5.39 Å². The number of nitrogens with one attached hydrogen (secondary N) is 1. The van der Waals surface area contributed by atoms with Crippen molar-refractivity contribution in [2.45, 2.75) is 13.3 Å². The fourth-order valence-corrected chi connectivity index (χ4v) is 3.01. The number of nitrogens with zero attached hydrogens (tertiary/aromatic N) is 4. The molecule has 0 saturated heterocycles. The summed E-state index contributed by atoms with van der Waals surface area (Å²) in [4.78, 5) is 4.22. The lowest BCUT2D eigenvalue weighted by molar-refractivity contribution is 0.837. The molecule has 0 unspecified atom stereocenters. The number of hydrogen-bond donors (Lipinski definition) is 1. The van der Waals surface area contributed by atoms with Gasteiger partial charge in [-0.25, -0.2) is 0 Å². The predicted octanol–water partition coefficient (Wildman–Crippen LogP) is 2.90. The van der Waals surface area contributed by atoms with Gasteiger partial charge in [0.1, 0.15) is 0 Å². The zero-order valence-corrected chi connectivity index (χ0v) is 11.1. The average molecular weight is 269 g/mol. The van der Waals surface area contributed by atoms with E-state index >= 15 is 0 Å². The number of hydrogen-bond acceptors (Lipinski definition) is 4. The van der Waals surface area contributed by atoms with Crippen molar-refractivity contribution in [3.8, 4) is 10.7 Å². The first-order valence-corrected chi connectivity index (χ1v) is 6.96. The standard InChI is InChI=1S/C13H11N5S/c1-2-11-15-16-13-18(11)17-12(19-13)10-7-8-5-3-4-6-9(8)14-10/h3-7,14H,2H2,1H3. The second-order valence-corrected chi connectivity index (χ2v) is 5.30. The summed E-state index contributed by atoms with van der Waals surface area (Å²) in [6.07, 6.45) is 0.830. The maximum absolute atomic E-state index is 4.59. The molecular weight excluding hydrogens is 258 g/mol. The van der Waals surface area contributed by atoms with Crippen molar-refractivity contribution in [1.82, 2.24) is 24.8 Å². The summed E-state index contributed by atoms with van der Waals surface area (Å²) < 4.78 is 1.82. The summed E-state index contributed by atoms with van der Waals surface area (Å²) in [6.45, 7) is 2.05. The van der Waals surface area contributed by atoms with Crippen LogP contribution in [0.2, 0.25) is 0 Å². The topological polar surface area (TPSA) is 58.9 Å². The van der Waals surface area contributed by atoms with Crippen LogP contribution >= 0.6 is 11.3 Å². The van der Waals surface area contributed by atoms with Crippen molar-refractivity contribution in [3.05, 3.63) is 36.2 Å². The van der Waals surface area contributed by atoms with E-state index in [2.05, 4.69) is 45.4 Å². The Morgan fingerprint density at radius 3 is 3.00 bits per heavy atom. The molecule has 19 heavy (non-hydrogen) atoms. The molecule has 94 valence electrons. The summed E-state index contributed by atoms with van der Waals surface area (Å²) >= 11 is 1.55. The number of aromatic amines is 1. The highest BCUT2D eigenvalue weighted by Crippen LogP contribution is 2.27. The number of rotatable bonds is 2. The fraction of sp³-hybridized carbons (Fsp3) is 0.154. The molecule has 0 amide bonds. The van der Waals surface area contributed by atoms with Crippen molar-refractivity contribution < 1.29 is 0 Å². The van der Waals surface area contributed by atoms with Crippen LogP contribution in [0, 0.1) is 0 Å². The second kappa shape index (κ2) is 3.89. The highest BCUT2D eigenvalue weighted by Gasteiger charge is 2.13.